The van der Waals surface area contributed by atoms with E-state index in [0.717, 1.165) is 6.26 Å². The summed E-state index contributed by atoms with van der Waals surface area (Å²) in [7, 11) is -3.56. The SMILES string of the molecule is CS(=O)(=O)c1nnc2ccc(NC(=O)c3c(Cl)cccc3Cl)cn12. The van der Waals surface area contributed by atoms with Gasteiger partial charge in [0.1, 0.15) is 0 Å². The fourth-order valence-electron chi connectivity index (χ4n) is 2.10. The lowest BCUT2D eigenvalue weighted by atomic mass is 10.2. The van der Waals surface area contributed by atoms with E-state index in [2.05, 4.69) is 15.5 Å². The van der Waals surface area contributed by atoms with Crippen LogP contribution in [0.1, 0.15) is 10.4 Å². The van der Waals surface area contributed by atoms with Gasteiger partial charge < -0.3 is 5.32 Å². The second kappa shape index (κ2) is 6.04. The Morgan fingerprint density at radius 1 is 1.12 bits per heavy atom. The summed E-state index contributed by atoms with van der Waals surface area (Å²) in [5.74, 6) is -0.515. The first kappa shape index (κ1) is 16.7. The summed E-state index contributed by atoms with van der Waals surface area (Å²) in [6.07, 6.45) is 2.44. The molecule has 3 aromatic rings. The third-order valence-corrected chi connectivity index (χ3v) is 4.72. The Labute approximate surface area is 147 Å². The number of pyridine rings is 1. The molecule has 2 heterocycles. The molecule has 0 bridgehead atoms. The Hall–Kier alpha value is -2.16. The molecule has 7 nitrogen and oxygen atoms in total. The number of halogens is 2. The van der Waals surface area contributed by atoms with Gasteiger partial charge in [-0.05, 0) is 24.3 Å². The Bertz CT molecular complexity index is 1040. The first-order valence-corrected chi connectivity index (χ1v) is 9.22. The van der Waals surface area contributed by atoms with Crippen molar-refractivity contribution in [2.75, 3.05) is 11.6 Å². The van der Waals surface area contributed by atoms with Crippen molar-refractivity contribution in [2.24, 2.45) is 0 Å². The number of aromatic nitrogens is 3. The van der Waals surface area contributed by atoms with E-state index in [1.807, 2.05) is 0 Å². The van der Waals surface area contributed by atoms with Crippen LogP contribution in [0, 0.1) is 0 Å². The van der Waals surface area contributed by atoms with E-state index in [9.17, 15) is 13.2 Å². The second-order valence-electron chi connectivity index (χ2n) is 4.95. The van der Waals surface area contributed by atoms with Gasteiger partial charge in [0.15, 0.2) is 5.65 Å². The number of carbonyl (C=O) groups is 1. The number of anilines is 1. The molecule has 2 aromatic heterocycles. The van der Waals surface area contributed by atoms with Crippen LogP contribution in [0.3, 0.4) is 0 Å². The molecule has 0 saturated heterocycles. The van der Waals surface area contributed by atoms with Gasteiger partial charge in [-0.3, -0.25) is 9.20 Å². The van der Waals surface area contributed by atoms with Crippen molar-refractivity contribution in [3.8, 4) is 0 Å². The lowest BCUT2D eigenvalue weighted by Gasteiger charge is -2.09. The molecule has 124 valence electrons. The number of nitrogens with zero attached hydrogens (tertiary/aromatic N) is 3. The molecule has 0 aliphatic heterocycles. The van der Waals surface area contributed by atoms with E-state index in [0.29, 0.717) is 11.3 Å². The lowest BCUT2D eigenvalue weighted by molar-refractivity contribution is 0.102. The van der Waals surface area contributed by atoms with Crippen LogP contribution >= 0.6 is 23.2 Å². The van der Waals surface area contributed by atoms with Crippen LogP contribution in [0.2, 0.25) is 10.0 Å². The van der Waals surface area contributed by atoms with Gasteiger partial charge in [0.05, 0.1) is 21.3 Å². The monoisotopic (exact) mass is 384 g/mol. The average molecular weight is 385 g/mol. The molecule has 0 fully saturated rings. The fraction of sp³-hybridized carbons (Fsp3) is 0.0714. The highest BCUT2D eigenvalue weighted by Gasteiger charge is 2.18. The number of fused-ring (bicyclic) bond motifs is 1. The van der Waals surface area contributed by atoms with Crippen LogP contribution in [-0.4, -0.2) is 35.2 Å². The van der Waals surface area contributed by atoms with Gasteiger partial charge in [-0.15, -0.1) is 10.2 Å². The van der Waals surface area contributed by atoms with Crippen LogP contribution in [0.4, 0.5) is 5.69 Å². The maximum Gasteiger partial charge on any atom is 0.258 e. The first-order valence-electron chi connectivity index (χ1n) is 6.57. The van der Waals surface area contributed by atoms with Crippen molar-refractivity contribution >= 4 is 50.3 Å². The number of benzene rings is 1. The fourth-order valence-corrected chi connectivity index (χ4v) is 3.37. The zero-order valence-corrected chi connectivity index (χ0v) is 14.5. The topological polar surface area (TPSA) is 93.4 Å². The molecule has 1 N–H and O–H groups in total. The highest BCUT2D eigenvalue weighted by Crippen LogP contribution is 2.25. The number of rotatable bonds is 3. The largest absolute Gasteiger partial charge is 0.321 e. The van der Waals surface area contributed by atoms with Crippen LogP contribution in [0.15, 0.2) is 41.7 Å². The van der Waals surface area contributed by atoms with Gasteiger partial charge in [0, 0.05) is 12.5 Å². The second-order valence-corrected chi connectivity index (χ2v) is 7.68. The zero-order chi connectivity index (χ0) is 17.5. The van der Waals surface area contributed by atoms with Crippen molar-refractivity contribution in [2.45, 2.75) is 5.16 Å². The van der Waals surface area contributed by atoms with Crippen LogP contribution < -0.4 is 5.32 Å². The molecule has 1 amide bonds. The van der Waals surface area contributed by atoms with E-state index < -0.39 is 15.7 Å². The number of hydrogen-bond acceptors (Lipinski definition) is 5. The van der Waals surface area contributed by atoms with Gasteiger partial charge in [-0.1, -0.05) is 29.3 Å². The van der Waals surface area contributed by atoms with Crippen molar-refractivity contribution in [1.29, 1.82) is 0 Å². The van der Waals surface area contributed by atoms with E-state index in [1.54, 1.807) is 24.3 Å². The van der Waals surface area contributed by atoms with E-state index in [1.165, 1.54) is 16.7 Å². The smallest absolute Gasteiger partial charge is 0.258 e. The number of hydrogen-bond donors (Lipinski definition) is 1. The van der Waals surface area contributed by atoms with Crippen molar-refractivity contribution in [3.63, 3.8) is 0 Å². The third kappa shape index (κ3) is 3.08. The standard InChI is InChI=1S/C14H10Cl2N4O3S/c1-24(22,23)14-19-18-11-6-5-8(7-20(11)14)17-13(21)12-9(15)3-2-4-10(12)16/h2-7H,1H3,(H,17,21). The molecular formula is C14H10Cl2N4O3S. The van der Waals surface area contributed by atoms with E-state index >= 15 is 0 Å². The maximum atomic E-state index is 12.4. The average Bonchev–Trinajstić information content (AvgIpc) is 2.90. The molecule has 10 heteroatoms. The molecule has 0 atom stereocenters. The molecule has 0 aliphatic carbocycles. The summed E-state index contributed by atoms with van der Waals surface area (Å²) in [5, 5.41) is 10.2. The lowest BCUT2D eigenvalue weighted by Crippen LogP contribution is -2.14. The Morgan fingerprint density at radius 3 is 2.42 bits per heavy atom. The number of amides is 1. The first-order chi connectivity index (χ1) is 11.3. The van der Waals surface area contributed by atoms with E-state index in [4.69, 9.17) is 23.2 Å². The Balaban J connectivity index is 2.00. The molecule has 0 saturated carbocycles. The zero-order valence-electron chi connectivity index (χ0n) is 12.2. The van der Waals surface area contributed by atoms with Crippen molar-refractivity contribution in [1.82, 2.24) is 14.6 Å². The van der Waals surface area contributed by atoms with Gasteiger partial charge in [-0.25, -0.2) is 8.42 Å². The number of sulfone groups is 1. The predicted octanol–water partition coefficient (Wildman–Crippen LogP) is 2.69. The van der Waals surface area contributed by atoms with E-state index in [-0.39, 0.29) is 20.8 Å². The minimum Gasteiger partial charge on any atom is -0.321 e. The summed E-state index contributed by atoms with van der Waals surface area (Å²) >= 11 is 12.0. The predicted molar refractivity (Wildman–Crippen MR) is 90.5 cm³/mol. The molecule has 0 unspecified atom stereocenters. The summed E-state index contributed by atoms with van der Waals surface area (Å²) in [5.41, 5.74) is 0.811. The summed E-state index contributed by atoms with van der Waals surface area (Å²) in [6, 6.07) is 7.83. The Kier molecular flexibility index (Phi) is 4.20. The molecule has 0 aliphatic rings. The number of carbonyl (C=O) groups excluding carboxylic acids is 1. The van der Waals surface area contributed by atoms with Gasteiger partial charge >= 0.3 is 0 Å². The van der Waals surface area contributed by atoms with Crippen LogP contribution in [-0.2, 0) is 9.84 Å². The normalized spacial score (nSPS) is 11.6. The minimum absolute atomic E-state index is 0.132. The summed E-state index contributed by atoms with van der Waals surface area (Å²) in [6.45, 7) is 0. The highest BCUT2D eigenvalue weighted by atomic mass is 35.5. The highest BCUT2D eigenvalue weighted by molar-refractivity contribution is 7.90. The molecule has 0 spiro atoms. The Morgan fingerprint density at radius 2 is 1.79 bits per heavy atom. The van der Waals surface area contributed by atoms with Gasteiger partial charge in [-0.2, -0.15) is 0 Å². The molecule has 1 aromatic carbocycles. The van der Waals surface area contributed by atoms with Gasteiger partial charge in [0.2, 0.25) is 9.84 Å². The molecule has 3 rings (SSSR count). The molecule has 0 radical (unpaired) electrons. The quantitative estimate of drug-likeness (QED) is 0.748. The van der Waals surface area contributed by atoms with Crippen molar-refractivity contribution in [3.05, 3.63) is 52.1 Å². The summed E-state index contributed by atoms with van der Waals surface area (Å²) < 4.78 is 24.7. The number of nitrogens with one attached hydrogen (secondary N) is 1. The van der Waals surface area contributed by atoms with Crippen LogP contribution in [0.25, 0.3) is 5.65 Å². The van der Waals surface area contributed by atoms with Crippen LogP contribution in [0.5, 0.6) is 0 Å². The van der Waals surface area contributed by atoms with Gasteiger partial charge in [0.25, 0.3) is 11.1 Å². The summed E-state index contributed by atoms with van der Waals surface area (Å²) in [4.78, 5) is 12.4. The van der Waals surface area contributed by atoms with Crippen molar-refractivity contribution < 1.29 is 13.2 Å². The maximum absolute atomic E-state index is 12.4. The molecular weight excluding hydrogens is 375 g/mol. The third-order valence-electron chi connectivity index (χ3n) is 3.15. The minimum atomic E-state index is -3.56. The molecule has 24 heavy (non-hydrogen) atoms.